The van der Waals surface area contributed by atoms with Gasteiger partial charge in [0.1, 0.15) is 0 Å². The van der Waals surface area contributed by atoms with Gasteiger partial charge in [-0.1, -0.05) is 18.2 Å². The second kappa shape index (κ2) is 7.69. The molecule has 1 heterocycles. The van der Waals surface area contributed by atoms with Crippen LogP contribution in [0.4, 0.5) is 16.2 Å². The Kier molecular flexibility index (Phi) is 5.17. The van der Waals surface area contributed by atoms with Crippen LogP contribution in [0.15, 0.2) is 54.6 Å². The van der Waals surface area contributed by atoms with Crippen molar-refractivity contribution in [3.63, 3.8) is 0 Å². The van der Waals surface area contributed by atoms with Gasteiger partial charge in [-0.25, -0.2) is 9.59 Å². The molecule has 1 saturated heterocycles. The number of benzene rings is 2. The molecule has 0 unspecified atom stereocenters. The summed E-state index contributed by atoms with van der Waals surface area (Å²) >= 11 is 0. The van der Waals surface area contributed by atoms with Crippen molar-refractivity contribution in [2.24, 2.45) is 0 Å². The zero-order chi connectivity index (χ0) is 18.5. The SMILES string of the molecule is COC(=O)c1ccc(NC(=O)N[C@H]2CC(=O)N(c3ccccc3)C2)cc1. The minimum Gasteiger partial charge on any atom is -0.465 e. The van der Waals surface area contributed by atoms with Gasteiger partial charge < -0.3 is 20.3 Å². The molecule has 0 radical (unpaired) electrons. The van der Waals surface area contributed by atoms with E-state index >= 15 is 0 Å². The largest absolute Gasteiger partial charge is 0.465 e. The third-order valence-corrected chi connectivity index (χ3v) is 4.09. The second-order valence-electron chi connectivity index (χ2n) is 5.91. The van der Waals surface area contributed by atoms with E-state index in [1.165, 1.54) is 7.11 Å². The summed E-state index contributed by atoms with van der Waals surface area (Å²) in [6.45, 7) is 0.428. The maximum atomic E-state index is 12.2. The predicted molar refractivity (Wildman–Crippen MR) is 97.1 cm³/mol. The van der Waals surface area contributed by atoms with Crippen molar-refractivity contribution in [3.05, 3.63) is 60.2 Å². The van der Waals surface area contributed by atoms with Crippen LogP contribution < -0.4 is 15.5 Å². The highest BCUT2D eigenvalue weighted by Gasteiger charge is 2.31. The van der Waals surface area contributed by atoms with Crippen LogP contribution in [0.3, 0.4) is 0 Å². The number of carbonyl (C=O) groups is 3. The molecule has 1 fully saturated rings. The molecule has 134 valence electrons. The smallest absolute Gasteiger partial charge is 0.337 e. The number of anilines is 2. The Hall–Kier alpha value is -3.35. The van der Waals surface area contributed by atoms with Crippen LogP contribution in [0, 0.1) is 0 Å². The number of hydrogen-bond acceptors (Lipinski definition) is 4. The molecule has 7 nitrogen and oxygen atoms in total. The Morgan fingerprint density at radius 3 is 2.42 bits per heavy atom. The van der Waals surface area contributed by atoms with Gasteiger partial charge in [0.25, 0.3) is 0 Å². The van der Waals surface area contributed by atoms with Gasteiger partial charge in [-0.3, -0.25) is 4.79 Å². The second-order valence-corrected chi connectivity index (χ2v) is 5.91. The van der Waals surface area contributed by atoms with Crippen molar-refractivity contribution in [2.45, 2.75) is 12.5 Å². The van der Waals surface area contributed by atoms with Gasteiger partial charge in [0.15, 0.2) is 0 Å². The molecule has 26 heavy (non-hydrogen) atoms. The van der Waals surface area contributed by atoms with Crippen molar-refractivity contribution in [1.29, 1.82) is 0 Å². The van der Waals surface area contributed by atoms with Crippen LogP contribution in [-0.4, -0.2) is 37.6 Å². The zero-order valence-electron chi connectivity index (χ0n) is 14.3. The van der Waals surface area contributed by atoms with Crippen LogP contribution in [0.5, 0.6) is 0 Å². The monoisotopic (exact) mass is 353 g/mol. The van der Waals surface area contributed by atoms with Crippen molar-refractivity contribution in [2.75, 3.05) is 23.9 Å². The number of carbonyl (C=O) groups excluding carboxylic acids is 3. The Bertz CT molecular complexity index is 805. The Morgan fingerprint density at radius 2 is 1.77 bits per heavy atom. The normalized spacial score (nSPS) is 16.3. The van der Waals surface area contributed by atoms with Crippen molar-refractivity contribution in [3.8, 4) is 0 Å². The molecule has 2 aromatic carbocycles. The highest BCUT2D eigenvalue weighted by molar-refractivity contribution is 5.97. The van der Waals surface area contributed by atoms with Gasteiger partial charge in [-0.2, -0.15) is 0 Å². The lowest BCUT2D eigenvalue weighted by molar-refractivity contribution is -0.117. The number of ether oxygens (including phenoxy) is 1. The van der Waals surface area contributed by atoms with Crippen molar-refractivity contribution < 1.29 is 19.1 Å². The number of amides is 3. The molecule has 0 spiro atoms. The fourth-order valence-corrected chi connectivity index (χ4v) is 2.82. The quantitative estimate of drug-likeness (QED) is 0.826. The number of nitrogens with one attached hydrogen (secondary N) is 2. The predicted octanol–water partition coefficient (Wildman–Crippen LogP) is 2.40. The number of methoxy groups -OCH3 is 1. The van der Waals surface area contributed by atoms with Gasteiger partial charge in [0.2, 0.25) is 5.91 Å². The van der Waals surface area contributed by atoms with E-state index in [2.05, 4.69) is 15.4 Å². The van der Waals surface area contributed by atoms with Crippen LogP contribution in [-0.2, 0) is 9.53 Å². The summed E-state index contributed by atoms with van der Waals surface area (Å²) < 4.78 is 4.63. The van der Waals surface area contributed by atoms with Gasteiger partial charge in [-0.05, 0) is 36.4 Å². The molecule has 0 saturated carbocycles. The zero-order valence-corrected chi connectivity index (χ0v) is 14.3. The summed E-state index contributed by atoms with van der Waals surface area (Å²) in [6.07, 6.45) is 0.254. The maximum absolute atomic E-state index is 12.2. The molecular formula is C19H19N3O4. The lowest BCUT2D eigenvalue weighted by Gasteiger charge is -2.17. The molecule has 2 N–H and O–H groups in total. The molecule has 1 aliphatic rings. The molecule has 3 rings (SSSR count). The lowest BCUT2D eigenvalue weighted by atomic mass is 10.2. The first-order valence-corrected chi connectivity index (χ1v) is 8.18. The molecule has 2 aromatic rings. The first kappa shape index (κ1) is 17.5. The number of esters is 1. The summed E-state index contributed by atoms with van der Waals surface area (Å²) in [6, 6.07) is 15.0. The van der Waals surface area contributed by atoms with E-state index < -0.39 is 12.0 Å². The summed E-state index contributed by atoms with van der Waals surface area (Å²) in [7, 11) is 1.31. The van der Waals surface area contributed by atoms with E-state index in [9.17, 15) is 14.4 Å². The Labute approximate surface area is 150 Å². The highest BCUT2D eigenvalue weighted by Crippen LogP contribution is 2.21. The molecule has 0 aromatic heterocycles. The fourth-order valence-electron chi connectivity index (χ4n) is 2.82. The topological polar surface area (TPSA) is 87.7 Å². The van der Waals surface area contributed by atoms with Gasteiger partial charge >= 0.3 is 12.0 Å². The van der Waals surface area contributed by atoms with E-state index in [4.69, 9.17) is 0 Å². The Morgan fingerprint density at radius 1 is 1.08 bits per heavy atom. The molecular weight excluding hydrogens is 334 g/mol. The van der Waals surface area contributed by atoms with Crippen molar-refractivity contribution in [1.82, 2.24) is 5.32 Å². The molecule has 0 aliphatic carbocycles. The summed E-state index contributed by atoms with van der Waals surface area (Å²) in [5.41, 5.74) is 1.76. The van der Waals surface area contributed by atoms with Crippen LogP contribution in [0.25, 0.3) is 0 Å². The van der Waals surface area contributed by atoms with E-state index in [0.717, 1.165) is 5.69 Å². The number of nitrogens with zero attached hydrogens (tertiary/aromatic N) is 1. The van der Waals surface area contributed by atoms with Crippen LogP contribution >= 0.6 is 0 Å². The minimum absolute atomic E-state index is 0.0241. The van der Waals surface area contributed by atoms with Gasteiger partial charge in [0.05, 0.1) is 18.7 Å². The highest BCUT2D eigenvalue weighted by atomic mass is 16.5. The molecule has 3 amide bonds. The standard InChI is InChI=1S/C19H19N3O4/c1-26-18(24)13-7-9-14(10-8-13)20-19(25)21-15-11-17(23)22(12-15)16-5-3-2-4-6-16/h2-10,15H,11-12H2,1H3,(H2,20,21,25)/t15-/m0/s1. The lowest BCUT2D eigenvalue weighted by Crippen LogP contribution is -2.39. The number of rotatable bonds is 4. The van der Waals surface area contributed by atoms with Gasteiger partial charge in [-0.15, -0.1) is 0 Å². The molecule has 7 heteroatoms. The molecule has 0 bridgehead atoms. The maximum Gasteiger partial charge on any atom is 0.337 e. The van der Waals surface area contributed by atoms with Gasteiger partial charge in [0, 0.05) is 24.3 Å². The minimum atomic E-state index is -0.438. The number of urea groups is 1. The molecule has 1 aliphatic heterocycles. The van der Waals surface area contributed by atoms with E-state index in [0.29, 0.717) is 17.8 Å². The average molecular weight is 353 g/mol. The first-order valence-electron chi connectivity index (χ1n) is 8.18. The first-order chi connectivity index (χ1) is 12.6. The van der Waals surface area contributed by atoms with Crippen LogP contribution in [0.1, 0.15) is 16.8 Å². The van der Waals surface area contributed by atoms with Crippen molar-refractivity contribution >= 4 is 29.3 Å². The van der Waals surface area contributed by atoms with Crippen LogP contribution in [0.2, 0.25) is 0 Å². The third kappa shape index (κ3) is 4.00. The average Bonchev–Trinajstić information content (AvgIpc) is 3.02. The summed E-state index contributed by atoms with van der Waals surface area (Å²) in [5, 5.41) is 5.49. The number of para-hydroxylation sites is 1. The van der Waals surface area contributed by atoms with E-state index in [-0.39, 0.29) is 18.4 Å². The fraction of sp³-hybridized carbons (Fsp3) is 0.211. The summed E-state index contributed by atoms with van der Waals surface area (Å²) in [4.78, 5) is 37.4. The number of hydrogen-bond donors (Lipinski definition) is 2. The third-order valence-electron chi connectivity index (χ3n) is 4.09. The Balaban J connectivity index is 1.55. The van der Waals surface area contributed by atoms with E-state index in [1.807, 2.05) is 30.3 Å². The molecule has 1 atom stereocenters. The van der Waals surface area contributed by atoms with E-state index in [1.54, 1.807) is 29.2 Å². The summed E-state index contributed by atoms with van der Waals surface area (Å²) in [5.74, 6) is -0.463.